The van der Waals surface area contributed by atoms with E-state index in [0.717, 1.165) is 13.1 Å². The van der Waals surface area contributed by atoms with E-state index in [1.54, 1.807) is 19.1 Å². The normalized spacial score (nSPS) is 26.0. The molecule has 1 saturated heterocycles. The number of methoxy groups -OCH3 is 1. The molecule has 0 unspecified atom stereocenters. The molecule has 1 amide bonds. The van der Waals surface area contributed by atoms with Crippen molar-refractivity contribution in [3.63, 3.8) is 0 Å². The van der Waals surface area contributed by atoms with Crippen LogP contribution in [0.25, 0.3) is 0 Å². The maximum Gasteiger partial charge on any atom is 0.410 e. The lowest BCUT2D eigenvalue weighted by Gasteiger charge is -2.30. The van der Waals surface area contributed by atoms with Crippen LogP contribution in [0.15, 0.2) is 0 Å². The number of rotatable bonds is 2. The Morgan fingerprint density at radius 1 is 1.35 bits per heavy atom. The highest BCUT2D eigenvalue weighted by Crippen LogP contribution is 2.18. The fraction of sp³-hybridized carbons (Fsp3) is 0.917. The maximum atomic E-state index is 11.9. The second-order valence-corrected chi connectivity index (χ2v) is 5.65. The van der Waals surface area contributed by atoms with Gasteiger partial charge in [0, 0.05) is 27.2 Å². The molecule has 5 nitrogen and oxygen atoms in total. The molecule has 17 heavy (non-hydrogen) atoms. The Balaban J connectivity index is 2.62. The Labute approximate surface area is 104 Å². The van der Waals surface area contributed by atoms with Crippen LogP contribution in [0.3, 0.4) is 0 Å². The molecule has 1 fully saturated rings. The smallest absolute Gasteiger partial charge is 0.410 e. The quantitative estimate of drug-likeness (QED) is 0.731. The van der Waals surface area contributed by atoms with Crippen LogP contribution >= 0.6 is 0 Å². The van der Waals surface area contributed by atoms with Crippen molar-refractivity contribution in [3.05, 3.63) is 0 Å². The van der Waals surface area contributed by atoms with Gasteiger partial charge in [-0.1, -0.05) is 0 Å². The molecule has 1 aliphatic heterocycles. The van der Waals surface area contributed by atoms with Crippen LogP contribution in [0.2, 0.25) is 0 Å². The van der Waals surface area contributed by atoms with Crippen LogP contribution in [0.5, 0.6) is 0 Å². The van der Waals surface area contributed by atoms with Crippen molar-refractivity contribution in [1.29, 1.82) is 0 Å². The van der Waals surface area contributed by atoms with Crippen LogP contribution in [0.4, 0.5) is 4.79 Å². The monoisotopic (exact) mass is 244 g/mol. The van der Waals surface area contributed by atoms with Gasteiger partial charge >= 0.3 is 6.09 Å². The molecule has 1 rings (SSSR count). The number of nitrogens with zero attached hydrogens (tertiary/aromatic N) is 2. The van der Waals surface area contributed by atoms with Crippen LogP contribution in [0.1, 0.15) is 20.8 Å². The third-order valence-corrected chi connectivity index (χ3v) is 2.90. The molecule has 5 heteroatoms. The van der Waals surface area contributed by atoms with Crippen LogP contribution in [-0.2, 0) is 9.47 Å². The lowest BCUT2D eigenvalue weighted by Crippen LogP contribution is -2.46. The zero-order chi connectivity index (χ0) is 13.2. The Hall–Kier alpha value is -0.810. The highest BCUT2D eigenvalue weighted by Gasteiger charge is 2.37. The zero-order valence-electron chi connectivity index (χ0n) is 11.7. The average Bonchev–Trinajstić information content (AvgIpc) is 2.55. The van der Waals surface area contributed by atoms with Crippen molar-refractivity contribution < 1.29 is 14.3 Å². The lowest BCUT2D eigenvalue weighted by molar-refractivity contribution is 0.00378. The molecule has 0 aliphatic carbocycles. The van der Waals surface area contributed by atoms with E-state index in [9.17, 15) is 4.79 Å². The summed E-state index contributed by atoms with van der Waals surface area (Å²) in [7, 11) is 5.47. The summed E-state index contributed by atoms with van der Waals surface area (Å²) < 4.78 is 10.8. The minimum Gasteiger partial charge on any atom is -0.444 e. The first-order valence-electron chi connectivity index (χ1n) is 5.91. The van der Waals surface area contributed by atoms with E-state index in [1.165, 1.54) is 0 Å². The van der Waals surface area contributed by atoms with Gasteiger partial charge < -0.3 is 19.3 Å². The molecule has 0 aromatic carbocycles. The van der Waals surface area contributed by atoms with Gasteiger partial charge in [0.1, 0.15) is 5.60 Å². The van der Waals surface area contributed by atoms with Crippen molar-refractivity contribution in [2.75, 3.05) is 34.3 Å². The molecular weight excluding hydrogens is 220 g/mol. The molecule has 0 radical (unpaired) electrons. The number of carbonyl (C=O) groups is 1. The summed E-state index contributed by atoms with van der Waals surface area (Å²) in [5.74, 6) is 0. The summed E-state index contributed by atoms with van der Waals surface area (Å²) in [6, 6.07) is 0.0554. The van der Waals surface area contributed by atoms with Gasteiger partial charge in [0.25, 0.3) is 0 Å². The summed E-state index contributed by atoms with van der Waals surface area (Å²) in [6.45, 7) is 7.26. The molecule has 0 bridgehead atoms. The van der Waals surface area contributed by atoms with E-state index < -0.39 is 5.60 Å². The van der Waals surface area contributed by atoms with E-state index in [1.807, 2.05) is 27.8 Å². The largest absolute Gasteiger partial charge is 0.444 e. The van der Waals surface area contributed by atoms with Gasteiger partial charge in [0.15, 0.2) is 0 Å². The molecule has 0 spiro atoms. The van der Waals surface area contributed by atoms with E-state index >= 15 is 0 Å². The van der Waals surface area contributed by atoms with Gasteiger partial charge in [-0.15, -0.1) is 0 Å². The third-order valence-electron chi connectivity index (χ3n) is 2.90. The second-order valence-electron chi connectivity index (χ2n) is 5.65. The van der Waals surface area contributed by atoms with E-state index in [4.69, 9.17) is 9.47 Å². The van der Waals surface area contributed by atoms with Gasteiger partial charge in [-0.25, -0.2) is 4.79 Å². The summed E-state index contributed by atoms with van der Waals surface area (Å²) in [5.41, 5.74) is -0.460. The van der Waals surface area contributed by atoms with Crippen LogP contribution < -0.4 is 0 Å². The molecular formula is C12H24N2O3. The first kappa shape index (κ1) is 14.3. The minimum absolute atomic E-state index is 0.0533. The minimum atomic E-state index is -0.460. The summed E-state index contributed by atoms with van der Waals surface area (Å²) >= 11 is 0. The van der Waals surface area contributed by atoms with E-state index in [-0.39, 0.29) is 18.2 Å². The molecule has 0 saturated carbocycles. The standard InChI is InChI=1S/C12H24N2O3/c1-12(2,3)17-11(15)14(5)9-7-13(4)8-10(9)16-6/h9-10H,7-8H2,1-6H3/t9-,10-/m1/s1. The Bertz CT molecular complexity index is 275. The SMILES string of the molecule is CO[C@@H]1CN(C)C[C@H]1N(C)C(=O)OC(C)(C)C. The summed E-state index contributed by atoms with van der Waals surface area (Å²) in [5, 5.41) is 0. The molecule has 1 aliphatic rings. The number of carbonyl (C=O) groups excluding carboxylic acids is 1. The second kappa shape index (κ2) is 5.23. The number of ether oxygens (including phenoxy) is 2. The van der Waals surface area contributed by atoms with Gasteiger partial charge in [-0.05, 0) is 27.8 Å². The van der Waals surface area contributed by atoms with E-state index in [0.29, 0.717) is 0 Å². The number of hydrogen-bond acceptors (Lipinski definition) is 4. The van der Waals surface area contributed by atoms with Gasteiger partial charge in [-0.3, -0.25) is 0 Å². The van der Waals surface area contributed by atoms with Crippen molar-refractivity contribution in [3.8, 4) is 0 Å². The predicted octanol–water partition coefficient (Wildman–Crippen LogP) is 1.18. The van der Waals surface area contributed by atoms with Crippen molar-refractivity contribution in [2.24, 2.45) is 0 Å². The first-order chi connectivity index (χ1) is 7.74. The highest BCUT2D eigenvalue weighted by atomic mass is 16.6. The third kappa shape index (κ3) is 3.85. The van der Waals surface area contributed by atoms with Gasteiger partial charge in [0.05, 0.1) is 12.1 Å². The molecule has 0 aromatic heterocycles. The molecule has 2 atom stereocenters. The summed E-state index contributed by atoms with van der Waals surface area (Å²) in [4.78, 5) is 15.7. The van der Waals surface area contributed by atoms with Crippen molar-refractivity contribution >= 4 is 6.09 Å². The lowest BCUT2D eigenvalue weighted by atomic mass is 10.2. The molecule has 1 heterocycles. The van der Waals surface area contributed by atoms with Gasteiger partial charge in [-0.2, -0.15) is 0 Å². The number of likely N-dealkylation sites (N-methyl/N-ethyl adjacent to an activating group) is 2. The highest BCUT2D eigenvalue weighted by molar-refractivity contribution is 5.68. The first-order valence-corrected chi connectivity index (χ1v) is 5.91. The Morgan fingerprint density at radius 3 is 2.41 bits per heavy atom. The average molecular weight is 244 g/mol. The number of likely N-dealkylation sites (tertiary alicyclic amines) is 1. The van der Waals surface area contributed by atoms with Crippen LogP contribution in [-0.4, -0.2) is 67.9 Å². The van der Waals surface area contributed by atoms with Crippen molar-refractivity contribution in [2.45, 2.75) is 38.5 Å². The van der Waals surface area contributed by atoms with Crippen LogP contribution in [0, 0.1) is 0 Å². The number of hydrogen-bond donors (Lipinski definition) is 0. The van der Waals surface area contributed by atoms with Crippen molar-refractivity contribution in [1.82, 2.24) is 9.80 Å². The molecule has 0 N–H and O–H groups in total. The molecule has 0 aromatic rings. The van der Waals surface area contributed by atoms with E-state index in [2.05, 4.69) is 4.90 Å². The summed E-state index contributed by atoms with van der Waals surface area (Å²) in [6.07, 6.45) is -0.239. The topological polar surface area (TPSA) is 42.0 Å². The maximum absolute atomic E-state index is 11.9. The Kier molecular flexibility index (Phi) is 4.38. The Morgan fingerprint density at radius 2 is 1.94 bits per heavy atom. The van der Waals surface area contributed by atoms with Gasteiger partial charge in [0.2, 0.25) is 0 Å². The number of amides is 1. The fourth-order valence-corrected chi connectivity index (χ4v) is 2.01. The zero-order valence-corrected chi connectivity index (χ0v) is 11.7. The fourth-order valence-electron chi connectivity index (χ4n) is 2.01. The molecule has 100 valence electrons. The predicted molar refractivity (Wildman–Crippen MR) is 66.1 cm³/mol.